The fraction of sp³-hybridized carbons (Fsp3) is 0.903. The molecule has 402 valence electrons. The minimum absolute atomic E-state index is 0.00158. The number of hydrogen-bond donors (Lipinski definition) is 3. The number of esters is 1. The molecular weight excluding hydrogens is 839 g/mol. The van der Waals surface area contributed by atoms with Crippen LogP contribution in [-0.4, -0.2) is 47.4 Å². The third-order valence-electron chi connectivity index (χ3n) is 14.2. The van der Waals surface area contributed by atoms with Gasteiger partial charge in [0, 0.05) is 12.8 Å². The Kier molecular flexibility index (Phi) is 56.5. The van der Waals surface area contributed by atoms with Crippen molar-refractivity contribution in [1.29, 1.82) is 0 Å². The van der Waals surface area contributed by atoms with Crippen LogP contribution in [0.25, 0.3) is 0 Å². The fourth-order valence-corrected chi connectivity index (χ4v) is 9.51. The number of nitrogens with one attached hydrogen (secondary N) is 1. The van der Waals surface area contributed by atoms with E-state index in [9.17, 15) is 19.8 Å². The monoisotopic (exact) mass is 958 g/mol. The number of rotatable bonds is 57. The van der Waals surface area contributed by atoms with Gasteiger partial charge in [0.05, 0.1) is 25.4 Å². The van der Waals surface area contributed by atoms with Crippen molar-refractivity contribution in [1.82, 2.24) is 5.32 Å². The van der Waals surface area contributed by atoms with Gasteiger partial charge in [-0.2, -0.15) is 0 Å². The second-order valence-corrected chi connectivity index (χ2v) is 21.0. The zero-order chi connectivity index (χ0) is 49.3. The maximum Gasteiger partial charge on any atom is 0.305 e. The van der Waals surface area contributed by atoms with Crippen LogP contribution < -0.4 is 5.32 Å². The van der Waals surface area contributed by atoms with Crippen LogP contribution in [0.1, 0.15) is 335 Å². The molecule has 2 atom stereocenters. The summed E-state index contributed by atoms with van der Waals surface area (Å²) in [4.78, 5) is 24.5. The van der Waals surface area contributed by atoms with Crippen molar-refractivity contribution in [2.24, 2.45) is 0 Å². The predicted octanol–water partition coefficient (Wildman–Crippen LogP) is 19.0. The Labute approximate surface area is 424 Å². The normalized spacial score (nSPS) is 12.7. The zero-order valence-corrected chi connectivity index (χ0v) is 45.9. The number of unbranched alkanes of at least 4 members (excludes halogenated alkanes) is 44. The number of aliphatic hydroxyl groups is 2. The van der Waals surface area contributed by atoms with E-state index in [0.29, 0.717) is 19.4 Å². The molecule has 0 aliphatic carbocycles. The molecule has 2 unspecified atom stereocenters. The standard InChI is InChI=1S/C62H119NO5/c1-3-5-7-9-11-13-15-17-18-19-20-21-22-23-25-28-31-34-38-42-46-50-54-60(65)59(58-64)63-61(66)55-51-47-43-39-35-32-29-26-24-27-30-33-37-41-45-49-53-57-68-62(67)56-52-48-44-40-36-16-14-12-10-8-6-4-2/h24,27,50,54,59-60,64-65H,3-23,25-26,28-49,51-53,55-58H2,1-2H3,(H,63,66)/b27-24-,54-50+. The van der Waals surface area contributed by atoms with Crippen LogP contribution in [0.3, 0.4) is 0 Å². The average Bonchev–Trinajstić information content (AvgIpc) is 3.34. The van der Waals surface area contributed by atoms with Gasteiger partial charge in [-0.3, -0.25) is 9.59 Å². The van der Waals surface area contributed by atoms with Gasteiger partial charge in [-0.15, -0.1) is 0 Å². The largest absolute Gasteiger partial charge is 0.466 e. The van der Waals surface area contributed by atoms with Gasteiger partial charge in [0.1, 0.15) is 0 Å². The molecule has 68 heavy (non-hydrogen) atoms. The molecule has 0 aliphatic rings. The predicted molar refractivity (Wildman–Crippen MR) is 296 cm³/mol. The van der Waals surface area contributed by atoms with E-state index in [1.54, 1.807) is 6.08 Å². The number of hydrogen-bond acceptors (Lipinski definition) is 5. The number of carbonyl (C=O) groups is 2. The highest BCUT2D eigenvalue weighted by Gasteiger charge is 2.18. The van der Waals surface area contributed by atoms with Crippen molar-refractivity contribution in [2.75, 3.05) is 13.2 Å². The van der Waals surface area contributed by atoms with Crippen LogP contribution in [0.4, 0.5) is 0 Å². The molecule has 0 saturated carbocycles. The van der Waals surface area contributed by atoms with Gasteiger partial charge in [0.2, 0.25) is 5.91 Å². The first-order valence-corrected chi connectivity index (χ1v) is 30.6. The Bertz CT molecular complexity index is 1060. The van der Waals surface area contributed by atoms with Crippen LogP contribution in [0, 0.1) is 0 Å². The molecule has 0 saturated heterocycles. The van der Waals surface area contributed by atoms with Crippen molar-refractivity contribution in [2.45, 2.75) is 347 Å². The minimum atomic E-state index is -0.853. The summed E-state index contributed by atoms with van der Waals surface area (Å²) in [5.74, 6) is -0.0785. The van der Waals surface area contributed by atoms with Gasteiger partial charge >= 0.3 is 5.97 Å². The molecule has 0 bridgehead atoms. The fourth-order valence-electron chi connectivity index (χ4n) is 9.51. The van der Waals surface area contributed by atoms with E-state index < -0.39 is 12.1 Å². The molecule has 6 heteroatoms. The molecule has 0 rings (SSSR count). The van der Waals surface area contributed by atoms with Crippen LogP contribution in [0.5, 0.6) is 0 Å². The van der Waals surface area contributed by atoms with Gasteiger partial charge in [-0.1, -0.05) is 289 Å². The maximum absolute atomic E-state index is 12.5. The first-order valence-electron chi connectivity index (χ1n) is 30.6. The van der Waals surface area contributed by atoms with Gasteiger partial charge in [-0.25, -0.2) is 0 Å². The Morgan fingerprint density at radius 1 is 0.397 bits per heavy atom. The van der Waals surface area contributed by atoms with Crippen LogP contribution >= 0.6 is 0 Å². The van der Waals surface area contributed by atoms with Crippen molar-refractivity contribution < 1.29 is 24.5 Å². The third-order valence-corrected chi connectivity index (χ3v) is 14.2. The first kappa shape index (κ1) is 66.3. The molecule has 0 aromatic heterocycles. The quantitative estimate of drug-likeness (QED) is 0.0321. The molecule has 0 spiro atoms. The van der Waals surface area contributed by atoms with Crippen LogP contribution in [0.2, 0.25) is 0 Å². The second kappa shape index (κ2) is 57.9. The molecule has 0 aromatic carbocycles. The Morgan fingerprint density at radius 3 is 1.04 bits per heavy atom. The van der Waals surface area contributed by atoms with E-state index >= 15 is 0 Å². The van der Waals surface area contributed by atoms with E-state index in [1.807, 2.05) is 6.08 Å². The Balaban J connectivity index is 3.49. The molecule has 0 heterocycles. The van der Waals surface area contributed by atoms with Crippen molar-refractivity contribution in [3.63, 3.8) is 0 Å². The molecule has 0 radical (unpaired) electrons. The van der Waals surface area contributed by atoms with Gasteiger partial charge in [0.15, 0.2) is 0 Å². The summed E-state index contributed by atoms with van der Waals surface area (Å²) in [5.41, 5.74) is 0. The minimum Gasteiger partial charge on any atom is -0.466 e. The summed E-state index contributed by atoms with van der Waals surface area (Å²) in [6.45, 7) is 4.90. The lowest BCUT2D eigenvalue weighted by molar-refractivity contribution is -0.143. The molecule has 0 aromatic rings. The molecule has 1 amide bonds. The lowest BCUT2D eigenvalue weighted by Gasteiger charge is -2.20. The number of ether oxygens (including phenoxy) is 1. The smallest absolute Gasteiger partial charge is 0.305 e. The van der Waals surface area contributed by atoms with Crippen molar-refractivity contribution in [3.05, 3.63) is 24.3 Å². The van der Waals surface area contributed by atoms with Gasteiger partial charge < -0.3 is 20.3 Å². The third kappa shape index (κ3) is 53.7. The lowest BCUT2D eigenvalue weighted by atomic mass is 10.0. The van der Waals surface area contributed by atoms with E-state index in [-0.39, 0.29) is 18.5 Å². The number of carbonyl (C=O) groups excluding carboxylic acids is 2. The zero-order valence-electron chi connectivity index (χ0n) is 45.9. The van der Waals surface area contributed by atoms with E-state index in [4.69, 9.17) is 4.74 Å². The Hall–Kier alpha value is -1.66. The molecule has 0 aliphatic heterocycles. The Morgan fingerprint density at radius 2 is 0.691 bits per heavy atom. The summed E-state index contributed by atoms with van der Waals surface area (Å²) < 4.78 is 5.46. The number of amides is 1. The van der Waals surface area contributed by atoms with Gasteiger partial charge in [0.25, 0.3) is 0 Å². The maximum atomic E-state index is 12.5. The van der Waals surface area contributed by atoms with Crippen LogP contribution in [-0.2, 0) is 14.3 Å². The van der Waals surface area contributed by atoms with E-state index in [1.165, 1.54) is 250 Å². The summed E-state index contributed by atoms with van der Waals surface area (Å²) in [6.07, 6.45) is 70.7. The highest BCUT2D eigenvalue weighted by Crippen LogP contribution is 2.17. The van der Waals surface area contributed by atoms with Crippen LogP contribution in [0.15, 0.2) is 24.3 Å². The number of allylic oxidation sites excluding steroid dienone is 3. The summed E-state index contributed by atoms with van der Waals surface area (Å²) in [6, 6.07) is -0.637. The first-order chi connectivity index (χ1) is 33.5. The second-order valence-electron chi connectivity index (χ2n) is 21.0. The van der Waals surface area contributed by atoms with Gasteiger partial charge in [-0.05, 0) is 57.8 Å². The summed E-state index contributed by atoms with van der Waals surface area (Å²) >= 11 is 0. The molecule has 6 nitrogen and oxygen atoms in total. The summed E-state index contributed by atoms with van der Waals surface area (Å²) in [7, 11) is 0. The topological polar surface area (TPSA) is 95.9 Å². The lowest BCUT2D eigenvalue weighted by Crippen LogP contribution is -2.45. The average molecular weight is 959 g/mol. The highest BCUT2D eigenvalue weighted by atomic mass is 16.5. The van der Waals surface area contributed by atoms with E-state index in [2.05, 4.69) is 31.3 Å². The molecular formula is C62H119NO5. The molecule has 3 N–H and O–H groups in total. The van der Waals surface area contributed by atoms with Crippen molar-refractivity contribution >= 4 is 11.9 Å². The SMILES string of the molecule is CCCCCCCCCCCCCCCCCCCCCC/C=C/C(O)C(CO)NC(=O)CCCCCCCCC/C=C\CCCCCCCCOC(=O)CCCCCCCCCCCCCC. The van der Waals surface area contributed by atoms with E-state index in [0.717, 1.165) is 57.8 Å². The molecule has 0 fully saturated rings. The highest BCUT2D eigenvalue weighted by molar-refractivity contribution is 5.76. The number of aliphatic hydroxyl groups excluding tert-OH is 2. The van der Waals surface area contributed by atoms with Crippen molar-refractivity contribution in [3.8, 4) is 0 Å². The summed E-state index contributed by atoms with van der Waals surface area (Å²) in [5, 5.41) is 23.2.